The van der Waals surface area contributed by atoms with E-state index in [2.05, 4.69) is 61.6 Å². The van der Waals surface area contributed by atoms with Gasteiger partial charge in [-0.2, -0.15) is 0 Å². The van der Waals surface area contributed by atoms with Gasteiger partial charge in [-0.25, -0.2) is 22.0 Å². The third-order valence-corrected chi connectivity index (χ3v) is 24.1. The van der Waals surface area contributed by atoms with Crippen molar-refractivity contribution in [1.29, 1.82) is 0 Å². The molecule has 0 spiro atoms. The van der Waals surface area contributed by atoms with Gasteiger partial charge in [-0.05, 0) is 170 Å². The molecule has 8 rings (SSSR count). The topological polar surface area (TPSA) is 408 Å². The average molecular weight is 1480 g/mol. The molecule has 23 nitrogen and oxygen atoms in total. The SMILES string of the molecule is CC(C)[C@@H]1C[C@H](CO)[C@@H](N=[N+]=[N-])C1.CC(C)[C@@H]1C[C@H](CO)[C@@H](O)C1(F)F.CC(C)[C@@H]1C[C@H](CO)[C@@H](O)[C@@H]1F.CC(C)[C@@H]1C[C@H](CO)[C@@H](O)[C@H]1F.CC(C)[C@@H]1C[C@H](CO)[C@@H](O)[C@H]1N=[N+]=[N-].CO[C@@H]1C[C@@H](CO)C[C@H]1C(C)C.CO[C@H]1C[C@@H](C(C)C)[C@H](O)[C@@H]1O.CO[C@]1(F)[C@H](O)[C@@H](CO)C[C@H]1C(C)C. The summed E-state index contributed by atoms with van der Waals surface area (Å²) in [5.74, 6) is -3.38. The van der Waals surface area contributed by atoms with Crippen molar-refractivity contribution in [3.8, 4) is 0 Å². The van der Waals surface area contributed by atoms with Crippen molar-refractivity contribution >= 4 is 0 Å². The van der Waals surface area contributed by atoms with E-state index in [4.69, 9.17) is 61.0 Å². The number of halogens is 5. The van der Waals surface area contributed by atoms with Crippen molar-refractivity contribution in [1.82, 2.24) is 0 Å². The maximum Gasteiger partial charge on any atom is 0.276 e. The number of ether oxygens (including phenoxy) is 3. The van der Waals surface area contributed by atoms with E-state index in [1.54, 1.807) is 28.1 Å². The summed E-state index contributed by atoms with van der Waals surface area (Å²) in [6, 6.07) is -0.362. The first-order chi connectivity index (χ1) is 47.6. The number of aliphatic hydroxyl groups is 14. The van der Waals surface area contributed by atoms with Gasteiger partial charge in [0.15, 0.2) is 0 Å². The Morgan fingerprint density at radius 3 is 1.07 bits per heavy atom. The predicted molar refractivity (Wildman–Crippen MR) is 382 cm³/mol. The zero-order chi connectivity index (χ0) is 78.8. The number of nitrogens with zero attached hydrogens (tertiary/aromatic N) is 6. The summed E-state index contributed by atoms with van der Waals surface area (Å²) in [4.78, 5) is 5.58. The summed E-state index contributed by atoms with van der Waals surface area (Å²) in [5, 5.41) is 136. The van der Waals surface area contributed by atoms with E-state index >= 15 is 0 Å². The zero-order valence-corrected chi connectivity index (χ0v) is 64.9. The first-order valence-electron chi connectivity index (χ1n) is 37.7. The fourth-order valence-corrected chi connectivity index (χ4v) is 16.8. The number of hydrogen-bond acceptors (Lipinski definition) is 19. The van der Waals surface area contributed by atoms with E-state index in [1.165, 1.54) is 7.11 Å². The standard InChI is InChI=1S/C10H19FO3.C10H20O2.C9H16F2O2.2C9H17FO2.C9H17N3O2.C9H17N3O.C9H18O3/c1-6(2)8-4-7(5-12)9(13)10(8,11)14-3;1-7(2)9-4-8(6-11)5-10(9)12-3;1-5(2)7-3-6(4-12)8(13)9(7,10)11;2*1-5(2)7-3-6(4-11)9(12)8(7)10;1-5(2)7-3-6(4-13)9(14)8(7)11-12-10;1-6(2)7-3-8(5-13)9(4-7)11-12-10;1-5(2)6-4-7(12-3)9(11)8(6)10/h6-9,12-13H,4-5H2,1-3H3;7-11H,4-6H2,1-3H3;5-8,12-13H,3-4H2,1-2H3;2*5-9,11-12H,3-4H2,1-2H3;5-9,13-14H,3-4H2,1-2H3;6-9,13H,3-5H2,1-2H3;5-11H,4H2,1-3H3/t7-,8+,9-,10+;8-,9-,10+;6-,7+,8-;6-,7+,8+,9-;6-,7+,8-,9-;6-,7+,8+,9-;7-,8-,9+;6-,7-,8-,9+/m10111110/s1. The number of azide groups is 2. The summed E-state index contributed by atoms with van der Waals surface area (Å²) in [5.41, 5.74) is 16.7. The number of alkyl halides is 5. The molecule has 0 amide bonds. The normalized spacial score (nSPS) is 39.5. The molecule has 0 aromatic carbocycles. The van der Waals surface area contributed by atoms with Crippen molar-refractivity contribution in [3.63, 3.8) is 0 Å². The van der Waals surface area contributed by atoms with E-state index in [0.29, 0.717) is 73.4 Å². The minimum atomic E-state index is -3.04. The van der Waals surface area contributed by atoms with Gasteiger partial charge in [-0.15, -0.1) is 0 Å². The van der Waals surface area contributed by atoms with Gasteiger partial charge >= 0.3 is 0 Å². The number of aliphatic hydroxyl groups excluding tert-OH is 14. The summed E-state index contributed by atoms with van der Waals surface area (Å²) in [7, 11) is 4.61. The second-order valence-corrected chi connectivity index (χ2v) is 33.1. The number of rotatable bonds is 20. The van der Waals surface area contributed by atoms with Gasteiger partial charge in [0.1, 0.15) is 30.7 Å². The van der Waals surface area contributed by atoms with Crippen LogP contribution >= 0.6 is 0 Å². The van der Waals surface area contributed by atoms with Gasteiger partial charge in [0.2, 0.25) is 5.85 Å². The van der Waals surface area contributed by atoms with Crippen molar-refractivity contribution in [3.05, 3.63) is 20.9 Å². The first-order valence-corrected chi connectivity index (χ1v) is 37.7. The highest BCUT2D eigenvalue weighted by Crippen LogP contribution is 2.49. The van der Waals surface area contributed by atoms with Gasteiger partial charge < -0.3 is 85.7 Å². The Labute approximate surface area is 606 Å². The lowest BCUT2D eigenvalue weighted by Crippen LogP contribution is -2.44. The second kappa shape index (κ2) is 46.8. The van der Waals surface area contributed by atoms with E-state index in [1.807, 2.05) is 55.4 Å². The summed E-state index contributed by atoms with van der Waals surface area (Å²) in [6.07, 6.45) is -1.43. The molecule has 604 valence electrons. The molecule has 8 saturated carbocycles. The molecular weight excluding hydrogens is 1340 g/mol. The summed E-state index contributed by atoms with van der Waals surface area (Å²) < 4.78 is 82.7. The Balaban J connectivity index is 0.000000583. The van der Waals surface area contributed by atoms with Gasteiger partial charge in [0, 0.05) is 125 Å². The Kier molecular flexibility index (Phi) is 44.8. The molecule has 0 bridgehead atoms. The molecule has 29 atom stereocenters. The van der Waals surface area contributed by atoms with Crippen LogP contribution < -0.4 is 0 Å². The van der Waals surface area contributed by atoms with Crippen LogP contribution in [0.15, 0.2) is 10.2 Å². The largest absolute Gasteiger partial charge is 0.396 e. The first kappa shape index (κ1) is 97.6. The van der Waals surface area contributed by atoms with Crippen LogP contribution in [0.1, 0.15) is 175 Å². The van der Waals surface area contributed by atoms with Crippen LogP contribution in [0.2, 0.25) is 0 Å². The van der Waals surface area contributed by atoms with Crippen LogP contribution in [0.5, 0.6) is 0 Å². The summed E-state index contributed by atoms with van der Waals surface area (Å²) >= 11 is 0. The van der Waals surface area contributed by atoms with Crippen molar-refractivity contribution in [2.75, 3.05) is 67.6 Å². The van der Waals surface area contributed by atoms with Crippen LogP contribution in [0, 0.1) is 136 Å². The fourth-order valence-electron chi connectivity index (χ4n) is 16.8. The molecule has 8 aliphatic carbocycles. The third kappa shape index (κ3) is 26.7. The van der Waals surface area contributed by atoms with Crippen LogP contribution in [-0.2, 0) is 14.2 Å². The minimum Gasteiger partial charge on any atom is -0.396 e. The lowest BCUT2D eigenvalue weighted by atomic mass is 9.90. The van der Waals surface area contributed by atoms with Crippen LogP contribution in [0.25, 0.3) is 20.9 Å². The average Bonchev–Trinajstić information content (AvgIpc) is 1.61. The van der Waals surface area contributed by atoms with E-state index in [0.717, 1.165) is 38.5 Å². The number of methoxy groups -OCH3 is 3. The molecule has 102 heavy (non-hydrogen) atoms. The molecule has 8 aliphatic rings. The van der Waals surface area contributed by atoms with E-state index in [9.17, 15) is 57.7 Å². The third-order valence-electron chi connectivity index (χ3n) is 24.1. The highest BCUT2D eigenvalue weighted by Gasteiger charge is 2.58. The maximum atomic E-state index is 14.2. The molecule has 0 radical (unpaired) electrons. The molecule has 0 heterocycles. The quantitative estimate of drug-likeness (QED) is 0.0233. The van der Waals surface area contributed by atoms with Crippen molar-refractivity contribution in [2.45, 2.75) is 266 Å². The minimum absolute atomic E-state index is 0.0161. The lowest BCUT2D eigenvalue weighted by Gasteiger charge is -2.31. The van der Waals surface area contributed by atoms with Gasteiger partial charge in [-0.1, -0.05) is 121 Å². The van der Waals surface area contributed by atoms with E-state index < -0.39 is 84.6 Å². The van der Waals surface area contributed by atoms with Gasteiger partial charge in [0.05, 0.1) is 42.7 Å². The van der Waals surface area contributed by atoms with E-state index in [-0.39, 0.29) is 141 Å². The summed E-state index contributed by atoms with van der Waals surface area (Å²) in [6.45, 7) is 31.7. The molecule has 0 saturated heterocycles. The molecular formula is C74H141F5N6O17. The zero-order valence-electron chi connectivity index (χ0n) is 64.9. The Morgan fingerprint density at radius 2 is 0.784 bits per heavy atom. The van der Waals surface area contributed by atoms with Gasteiger partial charge in [0.25, 0.3) is 5.92 Å². The Bertz CT molecular complexity index is 2260. The van der Waals surface area contributed by atoms with Crippen molar-refractivity contribution < 1.29 is 108 Å². The van der Waals surface area contributed by atoms with Crippen LogP contribution in [-0.4, -0.2) is 230 Å². The molecule has 28 heteroatoms. The molecule has 0 aromatic rings. The molecule has 0 aliphatic heterocycles. The van der Waals surface area contributed by atoms with Crippen LogP contribution in [0.3, 0.4) is 0 Å². The van der Waals surface area contributed by atoms with Crippen LogP contribution in [0.4, 0.5) is 22.0 Å². The predicted octanol–water partition coefficient (Wildman–Crippen LogP) is 9.88. The fraction of sp³-hybridized carbons (Fsp3) is 1.00. The lowest BCUT2D eigenvalue weighted by molar-refractivity contribution is -0.212. The highest BCUT2D eigenvalue weighted by atomic mass is 19.3. The molecule has 0 aromatic heterocycles. The molecule has 14 N–H and O–H groups in total. The number of hydrogen-bond donors (Lipinski definition) is 14. The smallest absolute Gasteiger partial charge is 0.276 e. The Hall–Kier alpha value is -2.41. The molecule has 0 unspecified atom stereocenters. The Morgan fingerprint density at radius 1 is 0.382 bits per heavy atom. The highest BCUT2D eigenvalue weighted by molar-refractivity contribution is 5.01. The van der Waals surface area contributed by atoms with Gasteiger partial charge in [-0.3, -0.25) is 0 Å². The van der Waals surface area contributed by atoms with Crippen molar-refractivity contribution in [2.24, 2.45) is 146 Å². The monoisotopic (exact) mass is 1480 g/mol. The second-order valence-electron chi connectivity index (χ2n) is 33.1. The molecule has 8 fully saturated rings. The maximum absolute atomic E-state index is 14.2.